The van der Waals surface area contributed by atoms with Crippen LogP contribution in [0.25, 0.3) is 0 Å². The van der Waals surface area contributed by atoms with Crippen molar-refractivity contribution in [2.45, 2.75) is 57.8 Å². The van der Waals surface area contributed by atoms with Crippen LogP contribution >= 0.6 is 0 Å². The molecule has 0 bridgehead atoms. The van der Waals surface area contributed by atoms with Gasteiger partial charge in [-0.15, -0.1) is 0 Å². The minimum atomic E-state index is 0.647. The lowest BCUT2D eigenvalue weighted by atomic mass is 9.78. The van der Waals surface area contributed by atoms with Crippen molar-refractivity contribution in [3.05, 3.63) is 71.4 Å². The zero-order valence-corrected chi connectivity index (χ0v) is 13.6. The first kappa shape index (κ1) is 15.3. The molecule has 22 heavy (non-hydrogen) atoms. The van der Waals surface area contributed by atoms with Crippen molar-refractivity contribution in [1.82, 2.24) is 0 Å². The van der Waals surface area contributed by atoms with Gasteiger partial charge in [0.1, 0.15) is 0 Å². The molecule has 0 heteroatoms. The molecule has 0 nitrogen and oxygen atoms in total. The van der Waals surface area contributed by atoms with Gasteiger partial charge in [-0.3, -0.25) is 0 Å². The molecule has 0 aromatic rings. The molecule has 0 N–H and O–H groups in total. The van der Waals surface area contributed by atoms with Gasteiger partial charge in [-0.25, -0.2) is 0 Å². The number of hydrogen-bond acceptors (Lipinski definition) is 0. The topological polar surface area (TPSA) is 0 Å². The Morgan fingerprint density at radius 2 is 1.77 bits per heavy atom. The van der Waals surface area contributed by atoms with Crippen LogP contribution in [0.1, 0.15) is 57.8 Å². The van der Waals surface area contributed by atoms with Crippen molar-refractivity contribution in [3.63, 3.8) is 0 Å². The largest absolute Gasteiger partial charge is 0.0845 e. The van der Waals surface area contributed by atoms with Crippen LogP contribution in [0.5, 0.6) is 0 Å². The van der Waals surface area contributed by atoms with E-state index in [0.717, 1.165) is 6.42 Å². The molecule has 116 valence electrons. The SMILES string of the molecule is C1=CC=C(C2=CCCCCCC2C2=CC=CCCC2)CC=C1. The van der Waals surface area contributed by atoms with Gasteiger partial charge in [-0.2, -0.15) is 0 Å². The number of hydrogen-bond donors (Lipinski definition) is 0. The Balaban J connectivity index is 1.91. The van der Waals surface area contributed by atoms with Gasteiger partial charge in [-0.1, -0.05) is 73.1 Å². The third-order valence-corrected chi connectivity index (χ3v) is 5.03. The normalized spacial score (nSPS) is 26.2. The summed E-state index contributed by atoms with van der Waals surface area (Å²) in [4.78, 5) is 0. The van der Waals surface area contributed by atoms with Crippen LogP contribution in [0.3, 0.4) is 0 Å². The van der Waals surface area contributed by atoms with Crippen LogP contribution < -0.4 is 0 Å². The summed E-state index contributed by atoms with van der Waals surface area (Å²) < 4.78 is 0. The summed E-state index contributed by atoms with van der Waals surface area (Å²) in [5.74, 6) is 0.647. The fourth-order valence-electron chi connectivity index (χ4n) is 3.84. The van der Waals surface area contributed by atoms with Gasteiger partial charge in [0.15, 0.2) is 0 Å². The Morgan fingerprint density at radius 3 is 2.77 bits per heavy atom. The van der Waals surface area contributed by atoms with E-state index in [2.05, 4.69) is 54.7 Å². The highest BCUT2D eigenvalue weighted by Gasteiger charge is 2.22. The molecule has 1 atom stereocenters. The monoisotopic (exact) mass is 292 g/mol. The molecule has 3 aliphatic carbocycles. The molecule has 0 spiro atoms. The van der Waals surface area contributed by atoms with Crippen LogP contribution in [0.2, 0.25) is 0 Å². The van der Waals surface area contributed by atoms with E-state index < -0.39 is 0 Å². The molecule has 1 unspecified atom stereocenters. The summed E-state index contributed by atoms with van der Waals surface area (Å²) in [5, 5.41) is 0. The van der Waals surface area contributed by atoms with Crippen LogP contribution in [0, 0.1) is 5.92 Å². The van der Waals surface area contributed by atoms with Gasteiger partial charge < -0.3 is 0 Å². The fourth-order valence-corrected chi connectivity index (χ4v) is 3.84. The van der Waals surface area contributed by atoms with Crippen molar-refractivity contribution < 1.29 is 0 Å². The first-order chi connectivity index (χ1) is 10.9. The summed E-state index contributed by atoms with van der Waals surface area (Å²) in [5.41, 5.74) is 4.82. The van der Waals surface area contributed by atoms with E-state index in [9.17, 15) is 0 Å². The van der Waals surface area contributed by atoms with E-state index in [1.54, 1.807) is 11.1 Å². The summed E-state index contributed by atoms with van der Waals surface area (Å²) >= 11 is 0. The van der Waals surface area contributed by atoms with Crippen molar-refractivity contribution >= 4 is 0 Å². The van der Waals surface area contributed by atoms with E-state index in [1.807, 2.05) is 0 Å². The van der Waals surface area contributed by atoms with Crippen molar-refractivity contribution in [1.29, 1.82) is 0 Å². The molecule has 0 fully saturated rings. The molecule has 0 aromatic carbocycles. The first-order valence-corrected chi connectivity index (χ1v) is 9.03. The van der Waals surface area contributed by atoms with Crippen molar-refractivity contribution in [2.75, 3.05) is 0 Å². The van der Waals surface area contributed by atoms with Gasteiger partial charge >= 0.3 is 0 Å². The highest BCUT2D eigenvalue weighted by molar-refractivity contribution is 5.43. The zero-order chi connectivity index (χ0) is 15.0. The molecule has 0 radical (unpaired) electrons. The average Bonchev–Trinajstić information content (AvgIpc) is 2.92. The average molecular weight is 292 g/mol. The first-order valence-electron chi connectivity index (χ1n) is 9.03. The molecule has 3 rings (SSSR count). The molecule has 0 saturated carbocycles. The van der Waals surface area contributed by atoms with Crippen molar-refractivity contribution in [3.8, 4) is 0 Å². The Labute approximate surface area is 135 Å². The Hall–Kier alpha value is -1.56. The Morgan fingerprint density at radius 1 is 0.773 bits per heavy atom. The Kier molecular flexibility index (Phi) is 5.70. The summed E-state index contributed by atoms with van der Waals surface area (Å²) in [7, 11) is 0. The van der Waals surface area contributed by atoms with Gasteiger partial charge in [-0.05, 0) is 56.1 Å². The molecular weight excluding hydrogens is 264 g/mol. The summed E-state index contributed by atoms with van der Waals surface area (Å²) in [6, 6.07) is 0. The van der Waals surface area contributed by atoms with Crippen LogP contribution in [0.15, 0.2) is 71.4 Å². The second kappa shape index (κ2) is 8.17. The predicted octanol–water partition coefficient (Wildman–Crippen LogP) is 6.60. The second-order valence-corrected chi connectivity index (χ2v) is 6.62. The smallest absolute Gasteiger partial charge is 0.00509 e. The molecule has 3 aliphatic rings. The summed E-state index contributed by atoms with van der Waals surface area (Å²) in [6.07, 6.45) is 32.4. The lowest BCUT2D eigenvalue weighted by Crippen LogP contribution is -2.12. The van der Waals surface area contributed by atoms with Gasteiger partial charge in [0.2, 0.25) is 0 Å². The number of rotatable bonds is 2. The predicted molar refractivity (Wildman–Crippen MR) is 96.7 cm³/mol. The summed E-state index contributed by atoms with van der Waals surface area (Å²) in [6.45, 7) is 0. The van der Waals surface area contributed by atoms with Gasteiger partial charge in [0.25, 0.3) is 0 Å². The van der Waals surface area contributed by atoms with Crippen LogP contribution in [0.4, 0.5) is 0 Å². The third kappa shape index (κ3) is 4.00. The second-order valence-electron chi connectivity index (χ2n) is 6.62. The molecule has 0 amide bonds. The van der Waals surface area contributed by atoms with Gasteiger partial charge in [0.05, 0.1) is 0 Å². The number of allylic oxidation sites excluding steroid dienone is 12. The van der Waals surface area contributed by atoms with Crippen LogP contribution in [-0.2, 0) is 0 Å². The van der Waals surface area contributed by atoms with Gasteiger partial charge in [0, 0.05) is 5.92 Å². The minimum Gasteiger partial charge on any atom is -0.0845 e. The standard InChI is InChI=1S/C22H28/c1-2-8-14-19(13-7-1)21-17-11-5-6-12-18-22(21)20-15-9-3-4-10-16-20/h1-3,7-9,13,15,17,22H,4-6,10-12,14,16,18H2. The third-order valence-electron chi connectivity index (χ3n) is 5.03. The minimum absolute atomic E-state index is 0.647. The van der Waals surface area contributed by atoms with E-state index in [0.29, 0.717) is 5.92 Å². The maximum absolute atomic E-state index is 2.55. The van der Waals surface area contributed by atoms with E-state index in [4.69, 9.17) is 0 Å². The lowest BCUT2D eigenvalue weighted by molar-refractivity contribution is 0.533. The molecule has 0 saturated heterocycles. The van der Waals surface area contributed by atoms with E-state index in [1.165, 1.54) is 56.9 Å². The van der Waals surface area contributed by atoms with E-state index in [-0.39, 0.29) is 0 Å². The quantitative estimate of drug-likeness (QED) is 0.537. The van der Waals surface area contributed by atoms with E-state index >= 15 is 0 Å². The molecule has 0 aliphatic heterocycles. The Bertz CT molecular complexity index is 549. The zero-order valence-electron chi connectivity index (χ0n) is 13.6. The maximum Gasteiger partial charge on any atom is 0.00509 e. The fraction of sp³-hybridized carbons (Fsp3) is 0.455. The maximum atomic E-state index is 2.55. The van der Waals surface area contributed by atoms with Crippen molar-refractivity contribution in [2.24, 2.45) is 5.92 Å². The molecular formula is C22H28. The highest BCUT2D eigenvalue weighted by Crippen LogP contribution is 2.38. The van der Waals surface area contributed by atoms with Crippen LogP contribution in [-0.4, -0.2) is 0 Å². The highest BCUT2D eigenvalue weighted by atomic mass is 14.3. The lowest BCUT2D eigenvalue weighted by Gasteiger charge is -2.27. The molecule has 0 aromatic heterocycles. The molecule has 0 heterocycles.